The molecule has 3 heterocycles. The summed E-state index contributed by atoms with van der Waals surface area (Å²) >= 11 is 1.25. The van der Waals surface area contributed by atoms with Gasteiger partial charge in [-0.05, 0) is 95.1 Å². The lowest BCUT2D eigenvalue weighted by Crippen LogP contribution is -2.36. The topological polar surface area (TPSA) is 124 Å². The lowest BCUT2D eigenvalue weighted by atomic mass is 9.78. The van der Waals surface area contributed by atoms with Crippen molar-refractivity contribution < 1.29 is 25.0 Å². The first-order valence-corrected chi connectivity index (χ1v) is 17.0. The van der Waals surface area contributed by atoms with Crippen molar-refractivity contribution in [2.75, 3.05) is 24.5 Å². The van der Waals surface area contributed by atoms with Gasteiger partial charge < -0.3 is 20.5 Å². The molecule has 1 atom stereocenters. The van der Waals surface area contributed by atoms with Crippen molar-refractivity contribution in [1.82, 2.24) is 9.88 Å². The van der Waals surface area contributed by atoms with Crippen LogP contribution in [0.2, 0.25) is 0 Å². The molecule has 3 N–H and O–H groups in total. The van der Waals surface area contributed by atoms with Crippen molar-refractivity contribution >= 4 is 45.9 Å². The molecule has 3 aliphatic rings. The van der Waals surface area contributed by atoms with Crippen LogP contribution in [-0.4, -0.2) is 62.4 Å². The summed E-state index contributed by atoms with van der Waals surface area (Å²) in [6.07, 6.45) is 9.62. The maximum Gasteiger partial charge on any atom is 0.253 e. The largest absolute Gasteiger partial charge is 0.870 e. The fourth-order valence-electron chi connectivity index (χ4n) is 7.10. The summed E-state index contributed by atoms with van der Waals surface area (Å²) in [7, 11) is 0. The van der Waals surface area contributed by atoms with E-state index in [4.69, 9.17) is 0 Å². The zero-order chi connectivity index (χ0) is 31.1. The van der Waals surface area contributed by atoms with Gasteiger partial charge >= 0.3 is 0 Å². The minimum atomic E-state index is -0.218. The maximum absolute atomic E-state index is 13.2. The number of imide groups is 1. The zero-order valence-corrected chi connectivity index (χ0v) is 28.2. The van der Waals surface area contributed by atoms with Gasteiger partial charge in [-0.1, -0.05) is 20.8 Å². The van der Waals surface area contributed by atoms with Crippen molar-refractivity contribution in [2.24, 2.45) is 23.2 Å². The van der Waals surface area contributed by atoms with Crippen LogP contribution in [0.5, 0.6) is 5.75 Å². The number of fused-ring (bicyclic) bond motifs is 1. The number of aromatic amines is 1. The van der Waals surface area contributed by atoms with Gasteiger partial charge in [0.05, 0.1) is 5.52 Å². The number of H-pyrrole nitrogens is 1. The minimum Gasteiger partial charge on any atom is -0.870 e. The predicted molar refractivity (Wildman–Crippen MR) is 178 cm³/mol. The number of phenolic OH excluding ortho intramolecular Hbond substituents is 1. The third-order valence-corrected chi connectivity index (χ3v) is 10.5. The van der Waals surface area contributed by atoms with E-state index in [0.29, 0.717) is 30.4 Å². The van der Waals surface area contributed by atoms with E-state index in [2.05, 4.69) is 57.5 Å². The standard InChI is InChI=1S/C35H49N3O4S.H2O/c1-34(2,3)19-26-25-12-14-28(40)32(31(25)36-33(26)43-35(4,5)6)37-18-17-23(20-37)9-13-27(39)24-10-7-22(8-11-24)21-38-29(41)15-16-30(38)42;/h12,14-16,22-24,36,40H,7-11,13,17-21H2,1-6H3;1H2. The Kier molecular flexibility index (Phi) is 10.3. The lowest BCUT2D eigenvalue weighted by Gasteiger charge is -2.30. The number of benzene rings is 1. The number of amides is 2. The van der Waals surface area contributed by atoms with Gasteiger partial charge in [-0.3, -0.25) is 19.3 Å². The number of carbonyl (C=O) groups excluding carboxylic acids is 3. The van der Waals surface area contributed by atoms with Crippen LogP contribution in [0.25, 0.3) is 10.9 Å². The number of aromatic hydroxyl groups is 1. The van der Waals surface area contributed by atoms with Crippen molar-refractivity contribution in [3.63, 3.8) is 0 Å². The Morgan fingerprint density at radius 2 is 1.64 bits per heavy atom. The van der Waals surface area contributed by atoms with Gasteiger partial charge in [0.15, 0.2) is 0 Å². The van der Waals surface area contributed by atoms with Crippen LogP contribution in [0.1, 0.15) is 92.1 Å². The zero-order valence-electron chi connectivity index (χ0n) is 27.3. The summed E-state index contributed by atoms with van der Waals surface area (Å²) in [6.45, 7) is 15.8. The first-order valence-electron chi connectivity index (χ1n) is 16.1. The average Bonchev–Trinajstić information content (AvgIpc) is 3.60. The molecule has 2 aromatic rings. The molecule has 2 aliphatic heterocycles. The van der Waals surface area contributed by atoms with E-state index in [0.717, 1.165) is 69.2 Å². The van der Waals surface area contributed by atoms with Crippen LogP contribution in [-0.2, 0) is 32.6 Å². The van der Waals surface area contributed by atoms with Gasteiger partial charge in [-0.25, -0.2) is 0 Å². The fraction of sp³-hybridized carbons (Fsp3) is 0.629. The number of ketones is 1. The number of nitrogens with one attached hydrogen (secondary N) is 1. The number of rotatable bonds is 9. The molecule has 242 valence electrons. The second kappa shape index (κ2) is 13.3. The molecule has 1 saturated heterocycles. The van der Waals surface area contributed by atoms with E-state index in [1.54, 1.807) is 0 Å². The van der Waals surface area contributed by atoms with Gasteiger partial charge in [0.25, 0.3) is 11.8 Å². The summed E-state index contributed by atoms with van der Waals surface area (Å²) in [5, 5.41) is 13.5. The number of anilines is 1. The van der Waals surface area contributed by atoms with E-state index in [9.17, 15) is 19.5 Å². The Labute approximate surface area is 266 Å². The van der Waals surface area contributed by atoms with E-state index < -0.39 is 0 Å². The van der Waals surface area contributed by atoms with Crippen LogP contribution in [0.4, 0.5) is 5.69 Å². The van der Waals surface area contributed by atoms with Gasteiger partial charge in [0.2, 0.25) is 5.03 Å². The van der Waals surface area contributed by atoms with Crippen molar-refractivity contribution in [2.45, 2.75) is 103 Å². The average molecular weight is 626 g/mol. The predicted octanol–water partition coefficient (Wildman–Crippen LogP) is 6.16. The quantitative estimate of drug-likeness (QED) is 0.195. The highest BCUT2D eigenvalue weighted by Crippen LogP contribution is 2.43. The highest BCUT2D eigenvalue weighted by atomic mass is 32.2. The Morgan fingerprint density at radius 1 is 0.977 bits per heavy atom. The molecule has 1 aromatic heterocycles. The summed E-state index contributed by atoms with van der Waals surface area (Å²) < 4.78 is 0.115. The number of hydrogen-bond donors (Lipinski definition) is 2. The molecule has 1 unspecified atom stereocenters. The third kappa shape index (κ3) is 7.89. The van der Waals surface area contributed by atoms with Gasteiger partial charge in [0, 0.05) is 66.8 Å². The van der Waals surface area contributed by atoms with Crippen molar-refractivity contribution in [1.29, 1.82) is 0 Å². The number of Topliss-reactive ketones (excluding diaryl/α,β-unsaturated/α-hetero) is 1. The van der Waals surface area contributed by atoms with Crippen molar-refractivity contribution in [3.8, 4) is 5.75 Å². The Morgan fingerprint density at radius 3 is 2.25 bits per heavy atom. The van der Waals surface area contributed by atoms with Crippen LogP contribution in [0.15, 0.2) is 29.3 Å². The number of carbonyl (C=O) groups is 3. The molecule has 2 amide bonds. The van der Waals surface area contributed by atoms with Crippen LogP contribution in [0.3, 0.4) is 0 Å². The first-order chi connectivity index (χ1) is 20.2. The SMILES string of the molecule is CC(C)(C)Cc1c([SH+]C(C)(C)C)[nH]c2c(N3CCC(CCC(=O)C4CCC(CN5C(=O)C=CC5=O)CC4)C3)c(O)ccc12.[OH-]. The molecule has 5 rings (SSSR count). The van der Waals surface area contributed by atoms with Crippen molar-refractivity contribution in [3.05, 3.63) is 29.8 Å². The summed E-state index contributed by atoms with van der Waals surface area (Å²) in [5.74, 6) is 1.04. The van der Waals surface area contributed by atoms with Gasteiger partial charge in [-0.15, -0.1) is 0 Å². The number of thiol groups is 1. The molecule has 2 fully saturated rings. The maximum atomic E-state index is 13.2. The highest BCUT2D eigenvalue weighted by Gasteiger charge is 2.34. The summed E-state index contributed by atoms with van der Waals surface area (Å²) in [6, 6.07) is 3.93. The number of aromatic nitrogens is 1. The van der Waals surface area contributed by atoms with Crippen LogP contribution >= 0.6 is 0 Å². The Hall–Kier alpha value is -2.78. The first kappa shape index (κ1) is 34.1. The third-order valence-electron chi connectivity index (χ3n) is 9.21. The van der Waals surface area contributed by atoms with Gasteiger partial charge in [-0.2, -0.15) is 0 Å². The molecule has 1 aliphatic carbocycles. The fourth-order valence-corrected chi connectivity index (χ4v) is 8.27. The Balaban J connectivity index is 0.00000442. The number of hydrogen-bond acceptors (Lipinski definition) is 6. The van der Waals surface area contributed by atoms with E-state index in [-0.39, 0.29) is 39.3 Å². The Bertz CT molecular complexity index is 1390. The van der Waals surface area contributed by atoms with E-state index in [1.807, 2.05) is 6.07 Å². The van der Waals surface area contributed by atoms with E-state index in [1.165, 1.54) is 44.8 Å². The second-order valence-corrected chi connectivity index (χ2v) is 17.3. The lowest BCUT2D eigenvalue weighted by molar-refractivity contribution is -0.138. The molecular formula is C35H51N3O5S. The van der Waals surface area contributed by atoms with Crippen LogP contribution in [0, 0.1) is 23.2 Å². The smallest absolute Gasteiger partial charge is 0.253 e. The normalized spacial score (nSPS) is 22.7. The van der Waals surface area contributed by atoms with Crippen LogP contribution < -0.4 is 4.90 Å². The summed E-state index contributed by atoms with van der Waals surface area (Å²) in [5.41, 5.74) is 3.43. The molecule has 0 spiro atoms. The summed E-state index contributed by atoms with van der Waals surface area (Å²) in [4.78, 5) is 44.4. The second-order valence-electron chi connectivity index (χ2n) is 15.3. The molecule has 44 heavy (non-hydrogen) atoms. The molecule has 1 saturated carbocycles. The number of phenols is 1. The van der Waals surface area contributed by atoms with Gasteiger partial charge in [0.1, 0.15) is 22.0 Å². The molecular weight excluding hydrogens is 574 g/mol. The number of nitrogens with zero attached hydrogens (tertiary/aromatic N) is 2. The van der Waals surface area contributed by atoms with E-state index >= 15 is 0 Å². The highest BCUT2D eigenvalue weighted by molar-refractivity contribution is 7.80. The molecule has 0 radical (unpaired) electrons. The minimum absolute atomic E-state index is 0. The molecule has 9 heteroatoms. The molecule has 8 nitrogen and oxygen atoms in total. The molecule has 0 bridgehead atoms. The monoisotopic (exact) mass is 625 g/mol. The molecule has 1 aromatic carbocycles.